The molecule has 9 nitrogen and oxygen atoms in total. The van der Waals surface area contributed by atoms with Gasteiger partial charge in [-0.1, -0.05) is 63.9 Å². The van der Waals surface area contributed by atoms with Crippen LogP contribution < -0.4 is 4.74 Å². The average Bonchev–Trinajstić information content (AvgIpc) is 3.71. The average molecular weight is 659 g/mol. The maximum Gasteiger partial charge on any atom is 0.227 e. The number of carbonyl (C=O) groups is 4. The van der Waals surface area contributed by atoms with Crippen molar-refractivity contribution in [3.05, 3.63) is 53.7 Å². The second-order valence-corrected chi connectivity index (χ2v) is 15.9. The van der Waals surface area contributed by atoms with Gasteiger partial charge in [0, 0.05) is 37.4 Å². The molecule has 2 aliphatic rings. The van der Waals surface area contributed by atoms with Gasteiger partial charge in [-0.2, -0.15) is 0 Å². The van der Waals surface area contributed by atoms with Crippen LogP contribution in [-0.2, 0) is 29.0 Å². The first-order valence-electron chi connectivity index (χ1n) is 15.7. The van der Waals surface area contributed by atoms with Gasteiger partial charge in [0.05, 0.1) is 34.2 Å². The number of hydrogen-bond donors (Lipinski definition) is 0. The number of hydrogen-bond acceptors (Lipinski definition) is 8. The molecule has 0 bridgehead atoms. The van der Waals surface area contributed by atoms with Gasteiger partial charge in [0.25, 0.3) is 0 Å². The van der Waals surface area contributed by atoms with Crippen molar-refractivity contribution in [2.45, 2.75) is 89.7 Å². The molecule has 45 heavy (non-hydrogen) atoms. The first kappa shape index (κ1) is 34.8. The van der Waals surface area contributed by atoms with Gasteiger partial charge in [-0.15, -0.1) is 0 Å². The number of carbonyl (C=O) groups excluding carboxylic acids is 4. The van der Waals surface area contributed by atoms with Gasteiger partial charge in [0.15, 0.2) is 21.4 Å². The third kappa shape index (κ3) is 9.22. The normalized spacial score (nSPS) is 20.0. The molecule has 0 spiro atoms. The number of ether oxygens (including phenoxy) is 1. The Labute approximate surface area is 271 Å². The van der Waals surface area contributed by atoms with Gasteiger partial charge < -0.3 is 9.64 Å². The summed E-state index contributed by atoms with van der Waals surface area (Å²) < 4.78 is 32.9. The number of likely N-dealkylation sites (tertiary alicyclic amines) is 1. The van der Waals surface area contributed by atoms with Crippen molar-refractivity contribution in [3.63, 3.8) is 0 Å². The summed E-state index contributed by atoms with van der Waals surface area (Å²) >= 11 is 5.97. The number of halogens is 1. The van der Waals surface area contributed by atoms with E-state index in [0.29, 0.717) is 17.9 Å². The van der Waals surface area contributed by atoms with Crippen LogP contribution in [-0.4, -0.2) is 66.0 Å². The number of nitrogens with zero attached hydrogens (tertiary/aromatic N) is 2. The van der Waals surface area contributed by atoms with E-state index in [9.17, 15) is 27.6 Å². The van der Waals surface area contributed by atoms with E-state index in [0.717, 1.165) is 12.8 Å². The van der Waals surface area contributed by atoms with Crippen molar-refractivity contribution in [2.75, 3.05) is 12.3 Å². The molecule has 0 radical (unpaired) electrons. The molecule has 1 unspecified atom stereocenters. The van der Waals surface area contributed by atoms with Crippen LogP contribution in [0.5, 0.6) is 5.88 Å². The van der Waals surface area contributed by atoms with E-state index in [-0.39, 0.29) is 48.3 Å². The molecular formula is C34H43ClN2O7S. The maximum atomic E-state index is 14.3. The second kappa shape index (κ2) is 14.5. The zero-order valence-corrected chi connectivity index (χ0v) is 28.0. The Morgan fingerprint density at radius 1 is 1.07 bits per heavy atom. The van der Waals surface area contributed by atoms with Crippen molar-refractivity contribution in [1.29, 1.82) is 0 Å². The van der Waals surface area contributed by atoms with Gasteiger partial charge in [-0.3, -0.25) is 19.2 Å². The largest absolute Gasteiger partial charge is 0.472 e. The van der Waals surface area contributed by atoms with Crippen LogP contribution in [0.1, 0.15) is 72.6 Å². The highest BCUT2D eigenvalue weighted by molar-refractivity contribution is 7.91. The molecule has 1 amide bonds. The lowest BCUT2D eigenvalue weighted by molar-refractivity contribution is -0.144. The maximum absolute atomic E-state index is 14.3. The topological polar surface area (TPSA) is 128 Å². The quantitative estimate of drug-likeness (QED) is 0.229. The van der Waals surface area contributed by atoms with E-state index in [1.807, 2.05) is 6.92 Å². The summed E-state index contributed by atoms with van der Waals surface area (Å²) in [5.74, 6) is -3.42. The molecule has 1 saturated heterocycles. The lowest BCUT2D eigenvalue weighted by Gasteiger charge is -2.35. The predicted molar refractivity (Wildman–Crippen MR) is 171 cm³/mol. The van der Waals surface area contributed by atoms with E-state index in [1.165, 1.54) is 23.2 Å². The van der Waals surface area contributed by atoms with E-state index >= 15 is 0 Å². The Balaban J connectivity index is 1.61. The number of pyridine rings is 1. The number of Topliss-reactive ketones (excluding diaryl/α,β-unsaturated/α-hetero) is 3. The van der Waals surface area contributed by atoms with Crippen LogP contribution in [0.15, 0.2) is 53.6 Å². The minimum Gasteiger partial charge on any atom is -0.472 e. The highest BCUT2D eigenvalue weighted by atomic mass is 35.5. The molecule has 1 saturated carbocycles. The summed E-state index contributed by atoms with van der Waals surface area (Å²) in [6.07, 6.45) is 3.88. The number of sulfone groups is 1. The fraction of sp³-hybridized carbons (Fsp3) is 0.559. The van der Waals surface area contributed by atoms with Crippen LogP contribution in [0.2, 0.25) is 5.02 Å². The first-order chi connectivity index (χ1) is 21.2. The molecule has 2 heterocycles. The third-order valence-corrected chi connectivity index (χ3v) is 10.6. The van der Waals surface area contributed by atoms with E-state index in [4.69, 9.17) is 16.3 Å². The molecule has 1 aliphatic carbocycles. The number of rotatable bonds is 15. The zero-order chi connectivity index (χ0) is 32.9. The van der Waals surface area contributed by atoms with Crippen molar-refractivity contribution in [2.24, 2.45) is 23.2 Å². The predicted octanol–water partition coefficient (Wildman–Crippen LogP) is 5.53. The van der Waals surface area contributed by atoms with E-state index in [1.54, 1.807) is 51.1 Å². The molecule has 1 aromatic carbocycles. The molecule has 1 aromatic heterocycles. The lowest BCUT2D eigenvalue weighted by atomic mass is 9.80. The molecule has 244 valence electrons. The number of amides is 1. The zero-order valence-electron chi connectivity index (χ0n) is 26.4. The highest BCUT2D eigenvalue weighted by Gasteiger charge is 2.47. The SMILES string of the molecule is CCCC(CC(=O)[C@@H]1C[C@@H](Oc2ccc(Cl)cn2)CN1C(=O)[C@@H](CS(=O)(=O)c1ccccc1)C(C)(C)C)C(=O)C(=O)CC1CC1. The second-order valence-electron chi connectivity index (χ2n) is 13.4. The summed E-state index contributed by atoms with van der Waals surface area (Å²) in [5, 5.41) is 0.425. The minimum atomic E-state index is -3.84. The third-order valence-electron chi connectivity index (χ3n) is 8.64. The van der Waals surface area contributed by atoms with Gasteiger partial charge in [0.1, 0.15) is 6.10 Å². The minimum absolute atomic E-state index is 0.0323. The first-order valence-corrected chi connectivity index (χ1v) is 17.7. The Hall–Kier alpha value is -3.11. The van der Waals surface area contributed by atoms with Crippen LogP contribution in [0.25, 0.3) is 0 Å². The van der Waals surface area contributed by atoms with Crippen LogP contribution in [0, 0.1) is 23.2 Å². The summed E-state index contributed by atoms with van der Waals surface area (Å²) in [6, 6.07) is 10.2. The molecule has 2 aromatic rings. The highest BCUT2D eigenvalue weighted by Crippen LogP contribution is 2.36. The number of aromatic nitrogens is 1. The van der Waals surface area contributed by atoms with E-state index < -0.39 is 62.5 Å². The monoisotopic (exact) mass is 658 g/mol. The molecule has 0 N–H and O–H groups in total. The van der Waals surface area contributed by atoms with Crippen molar-refractivity contribution in [3.8, 4) is 5.88 Å². The summed E-state index contributed by atoms with van der Waals surface area (Å²) in [7, 11) is -3.84. The lowest BCUT2D eigenvalue weighted by Crippen LogP contribution is -2.49. The van der Waals surface area contributed by atoms with Crippen LogP contribution in [0.3, 0.4) is 0 Å². The summed E-state index contributed by atoms with van der Waals surface area (Å²) in [4.78, 5) is 59.8. The smallest absolute Gasteiger partial charge is 0.227 e. The van der Waals surface area contributed by atoms with Crippen LogP contribution in [0.4, 0.5) is 0 Å². The van der Waals surface area contributed by atoms with Crippen molar-refractivity contribution < 1.29 is 32.3 Å². The number of ketones is 3. The molecule has 4 rings (SSSR count). The molecule has 11 heteroatoms. The summed E-state index contributed by atoms with van der Waals surface area (Å²) in [6.45, 7) is 7.33. The van der Waals surface area contributed by atoms with Crippen molar-refractivity contribution in [1.82, 2.24) is 9.88 Å². The standard InChI is InChI=1S/C34H43ClN2O7S/c1-5-9-23(32(40)30(39)16-22-12-13-22)17-29(38)28-18-25(44-31-15-14-24(35)19-36-31)20-37(28)33(41)27(34(2,3)4)21-45(42,43)26-10-7-6-8-11-26/h6-8,10-11,14-15,19,22-23,25,27-28H,5,9,12-13,16-18,20-21H2,1-4H3/t23?,25-,27-,28+/m1/s1. The fourth-order valence-corrected chi connectivity index (χ4v) is 7.79. The Morgan fingerprint density at radius 3 is 2.33 bits per heavy atom. The number of benzene rings is 1. The fourth-order valence-electron chi connectivity index (χ4n) is 5.84. The van der Waals surface area contributed by atoms with Gasteiger partial charge in [-0.25, -0.2) is 13.4 Å². The molecule has 4 atom stereocenters. The Kier molecular flexibility index (Phi) is 11.2. The molecule has 1 aliphatic heterocycles. The van der Waals surface area contributed by atoms with E-state index in [2.05, 4.69) is 4.98 Å². The van der Waals surface area contributed by atoms with Gasteiger partial charge in [-0.05, 0) is 48.8 Å². The Morgan fingerprint density at radius 2 is 1.76 bits per heavy atom. The van der Waals surface area contributed by atoms with Gasteiger partial charge in [0.2, 0.25) is 17.6 Å². The van der Waals surface area contributed by atoms with Crippen LogP contribution >= 0.6 is 11.6 Å². The Bertz CT molecular complexity index is 1480. The molecular weight excluding hydrogens is 616 g/mol. The summed E-state index contributed by atoms with van der Waals surface area (Å²) in [5.41, 5.74) is -0.765. The molecule has 2 fully saturated rings. The van der Waals surface area contributed by atoms with Crippen molar-refractivity contribution >= 4 is 44.7 Å². The van der Waals surface area contributed by atoms with Gasteiger partial charge >= 0.3 is 0 Å².